The molecule has 0 spiro atoms. The third-order valence-electron chi connectivity index (χ3n) is 6.86. The van der Waals surface area contributed by atoms with E-state index in [9.17, 15) is 9.90 Å². The highest BCUT2D eigenvalue weighted by atomic mass is 28.4. The molecule has 3 heterocycles. The van der Waals surface area contributed by atoms with Crippen molar-refractivity contribution in [3.63, 3.8) is 0 Å². The smallest absolute Gasteiger partial charge is 0.251 e. The number of aliphatic hydroxyl groups excluding tert-OH is 1. The summed E-state index contributed by atoms with van der Waals surface area (Å²) < 4.78 is 17.3. The zero-order chi connectivity index (χ0) is 22.1. The monoisotopic (exact) mass is 433 g/mol. The summed E-state index contributed by atoms with van der Waals surface area (Å²) in [6, 6.07) is 3.00. The summed E-state index contributed by atoms with van der Waals surface area (Å²) in [6.45, 7) is 15.0. The summed E-state index contributed by atoms with van der Waals surface area (Å²) in [5.41, 5.74) is 0.981. The van der Waals surface area contributed by atoms with Gasteiger partial charge in [0.2, 0.25) is 0 Å². The van der Waals surface area contributed by atoms with Crippen LogP contribution in [0.4, 0.5) is 0 Å². The third kappa shape index (κ3) is 3.32. The molecule has 1 N–H and O–H groups in total. The zero-order valence-electron chi connectivity index (χ0n) is 18.7. The summed E-state index contributed by atoms with van der Waals surface area (Å²) in [7, 11) is -2.10. The normalized spacial score (nSPS) is 26.7. The number of benzene rings is 1. The minimum absolute atomic E-state index is 0.0129. The van der Waals surface area contributed by atoms with Crippen molar-refractivity contribution < 1.29 is 23.7 Å². The molecule has 0 saturated carbocycles. The molecule has 2 aliphatic rings. The van der Waals surface area contributed by atoms with Gasteiger partial charge >= 0.3 is 0 Å². The SMILES string of the molecule is CC1(C)Oc2cc3nonc3cc2C(N2CCC(O[Si](C)(C)C(C)(C)C)C2=O)C1O. The van der Waals surface area contributed by atoms with Gasteiger partial charge in [-0.25, -0.2) is 4.63 Å². The van der Waals surface area contributed by atoms with Crippen molar-refractivity contribution in [2.24, 2.45) is 0 Å². The maximum Gasteiger partial charge on any atom is 0.251 e. The van der Waals surface area contributed by atoms with Crippen molar-refractivity contribution >= 4 is 25.3 Å². The molecule has 9 heteroatoms. The van der Waals surface area contributed by atoms with E-state index in [-0.39, 0.29) is 10.9 Å². The fourth-order valence-electron chi connectivity index (χ4n) is 3.97. The van der Waals surface area contributed by atoms with E-state index >= 15 is 0 Å². The van der Waals surface area contributed by atoms with Crippen LogP contribution in [0.3, 0.4) is 0 Å². The van der Waals surface area contributed by atoms with Crippen LogP contribution < -0.4 is 4.74 Å². The predicted molar refractivity (Wildman–Crippen MR) is 114 cm³/mol. The van der Waals surface area contributed by atoms with Crippen LogP contribution in [0.15, 0.2) is 16.8 Å². The third-order valence-corrected chi connectivity index (χ3v) is 11.3. The van der Waals surface area contributed by atoms with Gasteiger partial charge in [-0.3, -0.25) is 4.79 Å². The van der Waals surface area contributed by atoms with E-state index in [1.54, 1.807) is 17.0 Å². The Morgan fingerprint density at radius 1 is 1.23 bits per heavy atom. The van der Waals surface area contributed by atoms with Gasteiger partial charge in [0.1, 0.15) is 34.6 Å². The molecule has 1 saturated heterocycles. The van der Waals surface area contributed by atoms with Gasteiger partial charge in [-0.2, -0.15) is 0 Å². The molecule has 164 valence electrons. The van der Waals surface area contributed by atoms with Gasteiger partial charge in [0, 0.05) is 18.2 Å². The summed E-state index contributed by atoms with van der Waals surface area (Å²) >= 11 is 0. The van der Waals surface area contributed by atoms with Gasteiger partial charge in [0.15, 0.2) is 8.32 Å². The van der Waals surface area contributed by atoms with E-state index < -0.39 is 32.2 Å². The molecule has 3 atom stereocenters. The van der Waals surface area contributed by atoms with Gasteiger partial charge < -0.3 is 19.2 Å². The first-order chi connectivity index (χ1) is 13.8. The van der Waals surface area contributed by atoms with Crippen molar-refractivity contribution in [1.82, 2.24) is 15.2 Å². The maximum absolute atomic E-state index is 13.4. The van der Waals surface area contributed by atoms with Gasteiger partial charge in [0.05, 0.1) is 6.04 Å². The minimum atomic E-state index is -2.10. The van der Waals surface area contributed by atoms with E-state index in [1.165, 1.54) is 0 Å². The summed E-state index contributed by atoms with van der Waals surface area (Å²) in [5.74, 6) is 0.506. The van der Waals surface area contributed by atoms with Gasteiger partial charge in [-0.15, -0.1) is 0 Å². The molecular weight excluding hydrogens is 402 g/mol. The fourth-order valence-corrected chi connectivity index (χ4v) is 5.26. The van der Waals surface area contributed by atoms with Crippen LogP contribution in [0.5, 0.6) is 5.75 Å². The first-order valence-electron chi connectivity index (χ1n) is 10.4. The average Bonchev–Trinajstić information content (AvgIpc) is 3.20. The molecule has 1 fully saturated rings. The molecule has 1 amide bonds. The van der Waals surface area contributed by atoms with Crippen molar-refractivity contribution in [1.29, 1.82) is 0 Å². The fraction of sp³-hybridized carbons (Fsp3) is 0.667. The Kier molecular flexibility index (Phi) is 4.79. The second-order valence-corrected chi connectivity index (χ2v) is 15.2. The van der Waals surface area contributed by atoms with Crippen LogP contribution in [-0.2, 0) is 9.22 Å². The van der Waals surface area contributed by atoms with Crippen LogP contribution in [0.1, 0.15) is 52.6 Å². The van der Waals surface area contributed by atoms with Crippen LogP contribution in [0, 0.1) is 0 Å². The molecule has 30 heavy (non-hydrogen) atoms. The van der Waals surface area contributed by atoms with E-state index in [0.717, 1.165) is 0 Å². The molecule has 4 rings (SSSR count). The maximum atomic E-state index is 13.4. The quantitative estimate of drug-likeness (QED) is 0.741. The number of amides is 1. The molecule has 0 aliphatic carbocycles. The number of rotatable bonds is 3. The van der Waals surface area contributed by atoms with E-state index in [4.69, 9.17) is 13.8 Å². The molecule has 0 radical (unpaired) electrons. The lowest BCUT2D eigenvalue weighted by molar-refractivity contribution is -0.144. The number of likely N-dealkylation sites (tertiary alicyclic amines) is 1. The number of hydrogen-bond acceptors (Lipinski definition) is 7. The topological polar surface area (TPSA) is 97.9 Å². The van der Waals surface area contributed by atoms with Crippen molar-refractivity contribution in [2.75, 3.05) is 6.54 Å². The molecule has 1 aromatic carbocycles. The highest BCUT2D eigenvalue weighted by Gasteiger charge is 2.51. The highest BCUT2D eigenvalue weighted by Crippen LogP contribution is 2.46. The molecular formula is C21H31N3O5Si. The molecule has 8 nitrogen and oxygen atoms in total. The largest absolute Gasteiger partial charge is 0.485 e. The molecule has 1 aromatic heterocycles. The molecule has 2 aromatic rings. The van der Waals surface area contributed by atoms with Crippen LogP contribution >= 0.6 is 0 Å². The van der Waals surface area contributed by atoms with Gasteiger partial charge in [-0.05, 0) is 54.8 Å². The van der Waals surface area contributed by atoms with E-state index in [2.05, 4.69) is 44.2 Å². The number of carbonyl (C=O) groups excluding carboxylic acids is 1. The molecule has 2 aliphatic heterocycles. The number of hydrogen-bond donors (Lipinski definition) is 1. The lowest BCUT2D eigenvalue weighted by Gasteiger charge is -2.45. The number of fused-ring (bicyclic) bond motifs is 2. The zero-order valence-corrected chi connectivity index (χ0v) is 19.7. The van der Waals surface area contributed by atoms with Gasteiger partial charge in [0.25, 0.3) is 5.91 Å². The second-order valence-electron chi connectivity index (χ2n) is 10.4. The number of nitrogens with zero attached hydrogens (tertiary/aromatic N) is 3. The predicted octanol–water partition coefficient (Wildman–Crippen LogP) is 3.42. The summed E-state index contributed by atoms with van der Waals surface area (Å²) in [5, 5.41) is 19.0. The Balaban J connectivity index is 1.69. The number of ether oxygens (including phenoxy) is 1. The standard InChI is InChI=1S/C21H31N3O5Si/c1-20(2,3)30(6,7)28-15-8-9-24(19(15)26)17-12-10-13-14(23-29-22-13)11-16(12)27-21(4,5)18(17)25/h10-11,15,17-18,25H,8-9H2,1-7H3. The molecule has 0 bridgehead atoms. The average molecular weight is 434 g/mol. The number of aromatic nitrogens is 2. The summed E-state index contributed by atoms with van der Waals surface area (Å²) in [6.07, 6.45) is -0.776. The van der Waals surface area contributed by atoms with Crippen molar-refractivity contribution in [3.05, 3.63) is 17.7 Å². The number of carbonyl (C=O) groups is 1. The van der Waals surface area contributed by atoms with E-state index in [0.29, 0.717) is 35.3 Å². The van der Waals surface area contributed by atoms with Crippen LogP contribution in [0.25, 0.3) is 11.0 Å². The Morgan fingerprint density at radius 2 is 1.87 bits per heavy atom. The van der Waals surface area contributed by atoms with Crippen LogP contribution in [0.2, 0.25) is 18.1 Å². The lowest BCUT2D eigenvalue weighted by Crippen LogP contribution is -2.54. The Bertz CT molecular complexity index is 981. The molecule has 3 unspecified atom stereocenters. The minimum Gasteiger partial charge on any atom is -0.485 e. The first-order valence-corrected chi connectivity index (χ1v) is 13.3. The van der Waals surface area contributed by atoms with E-state index in [1.807, 2.05) is 13.8 Å². The van der Waals surface area contributed by atoms with Crippen molar-refractivity contribution in [2.45, 2.75) is 83.0 Å². The highest BCUT2D eigenvalue weighted by molar-refractivity contribution is 6.74. The Morgan fingerprint density at radius 3 is 2.50 bits per heavy atom. The Labute approximate surface area is 177 Å². The summed E-state index contributed by atoms with van der Waals surface area (Å²) in [4.78, 5) is 15.2. The Hall–Kier alpha value is -1.97. The second kappa shape index (κ2) is 6.76. The lowest BCUT2D eigenvalue weighted by atomic mass is 9.85. The number of aliphatic hydroxyl groups is 1. The van der Waals surface area contributed by atoms with Gasteiger partial charge in [-0.1, -0.05) is 20.8 Å². The van der Waals surface area contributed by atoms with Crippen LogP contribution in [-0.4, -0.2) is 58.9 Å². The first kappa shape index (κ1) is 21.3. The van der Waals surface area contributed by atoms with Crippen molar-refractivity contribution in [3.8, 4) is 5.75 Å².